The molecule has 0 N–H and O–H groups in total. The molecule has 3 aliphatic heterocycles. The minimum atomic E-state index is -0.226. The lowest BCUT2D eigenvalue weighted by Crippen LogP contribution is -2.47. The summed E-state index contributed by atoms with van der Waals surface area (Å²) in [5, 5.41) is 0. The fourth-order valence-corrected chi connectivity index (χ4v) is 4.56. The summed E-state index contributed by atoms with van der Waals surface area (Å²) in [4.78, 5) is 11.8. The molecule has 1 spiro atoms. The van der Waals surface area contributed by atoms with E-state index in [1.807, 2.05) is 0 Å². The van der Waals surface area contributed by atoms with Crippen LogP contribution in [0, 0.1) is 11.8 Å². The van der Waals surface area contributed by atoms with E-state index >= 15 is 0 Å². The summed E-state index contributed by atoms with van der Waals surface area (Å²) in [6.07, 6.45) is 3.18. The summed E-state index contributed by atoms with van der Waals surface area (Å²) in [7, 11) is 0. The van der Waals surface area contributed by atoms with Crippen molar-refractivity contribution in [3.63, 3.8) is 0 Å². The molecular formula is C15H18O3. The summed E-state index contributed by atoms with van der Waals surface area (Å²) in [5.41, 5.74) is 3.10. The molecule has 3 heteroatoms. The van der Waals surface area contributed by atoms with E-state index in [0.717, 1.165) is 19.3 Å². The molecule has 96 valence electrons. The van der Waals surface area contributed by atoms with Gasteiger partial charge in [-0.2, -0.15) is 0 Å². The van der Waals surface area contributed by atoms with E-state index in [-0.39, 0.29) is 29.7 Å². The maximum absolute atomic E-state index is 11.8. The maximum atomic E-state index is 11.8. The first-order valence-electron chi connectivity index (χ1n) is 6.82. The average Bonchev–Trinajstić information content (AvgIpc) is 2.89. The van der Waals surface area contributed by atoms with E-state index in [1.54, 1.807) is 0 Å². The van der Waals surface area contributed by atoms with Crippen molar-refractivity contribution < 1.29 is 14.3 Å². The average molecular weight is 246 g/mol. The first-order chi connectivity index (χ1) is 8.54. The Kier molecular flexibility index (Phi) is 1.85. The number of carbonyl (C=O) groups excluding carboxylic acids is 1. The quantitative estimate of drug-likeness (QED) is 0.374. The Hall–Kier alpha value is -1.09. The van der Waals surface area contributed by atoms with Gasteiger partial charge < -0.3 is 9.47 Å². The molecule has 1 aliphatic carbocycles. The molecule has 0 aromatic carbocycles. The standard InChI is InChI=1S/C15H18O3/c1-7-4-5-15-8(2)6-10(18-15)11-9(3)14(16)17-13(11)12(7)15/h8,10-11,13H,3-6H2,1-2H3/t8-,10-,11-,13-,15+/m0/s1. The minimum Gasteiger partial charge on any atom is -0.454 e. The van der Waals surface area contributed by atoms with E-state index in [0.29, 0.717) is 11.5 Å². The topological polar surface area (TPSA) is 35.5 Å². The van der Waals surface area contributed by atoms with Crippen molar-refractivity contribution in [2.45, 2.75) is 50.9 Å². The van der Waals surface area contributed by atoms with Crippen molar-refractivity contribution in [3.8, 4) is 0 Å². The predicted molar refractivity (Wildman–Crippen MR) is 65.8 cm³/mol. The highest BCUT2D eigenvalue weighted by Crippen LogP contribution is 2.60. The van der Waals surface area contributed by atoms with Crippen LogP contribution in [0.25, 0.3) is 0 Å². The second-order valence-corrected chi connectivity index (χ2v) is 6.25. The Labute approximate surface area is 107 Å². The van der Waals surface area contributed by atoms with Crippen LogP contribution in [0.3, 0.4) is 0 Å². The Morgan fingerprint density at radius 2 is 2.22 bits per heavy atom. The van der Waals surface area contributed by atoms with Gasteiger partial charge in [-0.05, 0) is 32.1 Å². The van der Waals surface area contributed by atoms with Crippen LogP contribution in [0.1, 0.15) is 33.1 Å². The SMILES string of the molecule is C=C1C(=O)O[C@@H]2C3=C(C)CC[C@]34O[C@@H](C[C@@H]4C)[C@H]12. The van der Waals surface area contributed by atoms with E-state index in [4.69, 9.17) is 9.47 Å². The van der Waals surface area contributed by atoms with Crippen molar-refractivity contribution in [1.82, 2.24) is 0 Å². The molecule has 3 saturated heterocycles. The lowest BCUT2D eigenvalue weighted by atomic mass is 9.79. The van der Waals surface area contributed by atoms with Crippen LogP contribution in [0.5, 0.6) is 0 Å². The van der Waals surface area contributed by atoms with Gasteiger partial charge in [0, 0.05) is 11.1 Å². The summed E-state index contributed by atoms with van der Waals surface area (Å²) in [6, 6.07) is 0. The largest absolute Gasteiger partial charge is 0.454 e. The van der Waals surface area contributed by atoms with Gasteiger partial charge in [-0.3, -0.25) is 0 Å². The fraction of sp³-hybridized carbons (Fsp3) is 0.667. The zero-order valence-electron chi connectivity index (χ0n) is 10.9. The fourth-order valence-electron chi connectivity index (χ4n) is 4.56. The molecule has 0 radical (unpaired) electrons. The Bertz CT molecular complexity index is 504. The molecule has 0 saturated carbocycles. The van der Waals surface area contributed by atoms with E-state index in [1.165, 1.54) is 11.1 Å². The molecular weight excluding hydrogens is 228 g/mol. The number of allylic oxidation sites excluding steroid dienone is 1. The van der Waals surface area contributed by atoms with Gasteiger partial charge in [0.15, 0.2) is 0 Å². The van der Waals surface area contributed by atoms with Gasteiger partial charge in [0.05, 0.1) is 17.6 Å². The van der Waals surface area contributed by atoms with Crippen molar-refractivity contribution >= 4 is 5.97 Å². The summed E-state index contributed by atoms with van der Waals surface area (Å²) in [5.74, 6) is 0.349. The highest BCUT2D eigenvalue weighted by molar-refractivity contribution is 5.91. The van der Waals surface area contributed by atoms with Gasteiger partial charge in [0.2, 0.25) is 0 Å². The number of rotatable bonds is 0. The van der Waals surface area contributed by atoms with E-state index < -0.39 is 0 Å². The monoisotopic (exact) mass is 246 g/mol. The lowest BCUT2D eigenvalue weighted by Gasteiger charge is -2.40. The van der Waals surface area contributed by atoms with Crippen LogP contribution in [0.2, 0.25) is 0 Å². The molecule has 2 bridgehead atoms. The number of hydrogen-bond donors (Lipinski definition) is 0. The molecule has 3 nitrogen and oxygen atoms in total. The third-order valence-electron chi connectivity index (χ3n) is 5.44. The number of ether oxygens (including phenoxy) is 2. The zero-order valence-corrected chi connectivity index (χ0v) is 10.9. The Morgan fingerprint density at radius 3 is 3.00 bits per heavy atom. The van der Waals surface area contributed by atoms with Crippen LogP contribution in [0.15, 0.2) is 23.3 Å². The summed E-state index contributed by atoms with van der Waals surface area (Å²) in [6.45, 7) is 8.35. The van der Waals surface area contributed by atoms with Crippen molar-refractivity contribution in [2.24, 2.45) is 11.8 Å². The normalized spacial score (nSPS) is 49.4. The molecule has 3 fully saturated rings. The van der Waals surface area contributed by atoms with Crippen LogP contribution in [0.4, 0.5) is 0 Å². The molecule has 0 unspecified atom stereocenters. The highest BCUT2D eigenvalue weighted by atomic mass is 16.6. The second kappa shape index (κ2) is 3.08. The van der Waals surface area contributed by atoms with Gasteiger partial charge in [-0.1, -0.05) is 19.1 Å². The van der Waals surface area contributed by atoms with Crippen LogP contribution in [-0.2, 0) is 14.3 Å². The summed E-state index contributed by atoms with van der Waals surface area (Å²) < 4.78 is 12.0. The van der Waals surface area contributed by atoms with Gasteiger partial charge >= 0.3 is 5.97 Å². The smallest absolute Gasteiger partial charge is 0.334 e. The minimum absolute atomic E-state index is 0.0543. The molecule has 0 aromatic heterocycles. The third-order valence-corrected chi connectivity index (χ3v) is 5.44. The van der Waals surface area contributed by atoms with E-state index in [9.17, 15) is 4.79 Å². The molecule has 4 aliphatic rings. The van der Waals surface area contributed by atoms with Gasteiger partial charge in [-0.15, -0.1) is 0 Å². The molecule has 0 amide bonds. The predicted octanol–water partition coefficient (Wildman–Crippen LogP) is 2.37. The number of carbonyl (C=O) groups is 1. The van der Waals surface area contributed by atoms with Crippen molar-refractivity contribution in [2.75, 3.05) is 0 Å². The second-order valence-electron chi connectivity index (χ2n) is 6.25. The Morgan fingerprint density at radius 1 is 1.44 bits per heavy atom. The molecule has 3 heterocycles. The number of esters is 1. The first kappa shape index (κ1) is 10.8. The van der Waals surface area contributed by atoms with Gasteiger partial charge in [0.25, 0.3) is 0 Å². The third kappa shape index (κ3) is 0.993. The van der Waals surface area contributed by atoms with E-state index in [2.05, 4.69) is 20.4 Å². The van der Waals surface area contributed by atoms with Crippen LogP contribution >= 0.6 is 0 Å². The maximum Gasteiger partial charge on any atom is 0.334 e. The Balaban J connectivity index is 1.90. The van der Waals surface area contributed by atoms with Crippen LogP contribution < -0.4 is 0 Å². The van der Waals surface area contributed by atoms with Crippen LogP contribution in [-0.4, -0.2) is 23.8 Å². The number of fused-ring (bicyclic) bond motifs is 4. The molecule has 5 atom stereocenters. The molecule has 0 aromatic rings. The first-order valence-corrected chi connectivity index (χ1v) is 6.82. The summed E-state index contributed by atoms with van der Waals surface area (Å²) >= 11 is 0. The van der Waals surface area contributed by atoms with Crippen molar-refractivity contribution in [1.29, 1.82) is 0 Å². The molecule has 4 rings (SSSR count). The number of hydrogen-bond acceptors (Lipinski definition) is 3. The van der Waals surface area contributed by atoms with Gasteiger partial charge in [0.1, 0.15) is 6.10 Å². The lowest BCUT2D eigenvalue weighted by molar-refractivity contribution is -0.143. The molecule has 18 heavy (non-hydrogen) atoms. The van der Waals surface area contributed by atoms with Gasteiger partial charge in [-0.25, -0.2) is 4.79 Å². The van der Waals surface area contributed by atoms with Crippen molar-refractivity contribution in [3.05, 3.63) is 23.3 Å². The zero-order chi connectivity index (χ0) is 12.7. The highest BCUT2D eigenvalue weighted by Gasteiger charge is 2.64.